The van der Waals surface area contributed by atoms with E-state index in [1.54, 1.807) is 0 Å². The van der Waals surface area contributed by atoms with Gasteiger partial charge in [-0.15, -0.1) is 11.3 Å². The van der Waals surface area contributed by atoms with Gasteiger partial charge >= 0.3 is 18.3 Å². The number of ether oxygens (including phenoxy) is 1. The number of anilines is 1. The summed E-state index contributed by atoms with van der Waals surface area (Å²) < 4.78 is 83.7. The van der Waals surface area contributed by atoms with E-state index in [0.29, 0.717) is 37.0 Å². The number of benzene rings is 1. The van der Waals surface area contributed by atoms with Crippen LogP contribution in [0.5, 0.6) is 0 Å². The molecule has 0 radical (unpaired) electrons. The third kappa shape index (κ3) is 7.43. The van der Waals surface area contributed by atoms with Crippen LogP contribution in [0.4, 0.5) is 32.2 Å². The Hall–Kier alpha value is -4.28. The number of ketones is 1. The number of aryl methyl sites for hydroxylation is 1. The van der Waals surface area contributed by atoms with Crippen LogP contribution in [-0.2, 0) is 38.0 Å². The first-order valence-corrected chi connectivity index (χ1v) is 13.9. The van der Waals surface area contributed by atoms with Gasteiger partial charge in [0.15, 0.2) is 17.4 Å². The maximum atomic E-state index is 13.1. The van der Waals surface area contributed by atoms with Crippen LogP contribution >= 0.6 is 11.3 Å². The summed E-state index contributed by atoms with van der Waals surface area (Å²) in [6, 6.07) is 4.19. The van der Waals surface area contributed by atoms with Crippen molar-refractivity contribution in [1.82, 2.24) is 19.7 Å². The second kappa shape index (κ2) is 12.8. The highest BCUT2D eigenvalue weighted by molar-refractivity contribution is 7.10. The summed E-state index contributed by atoms with van der Waals surface area (Å²) in [5.74, 6) is -6.19. The molecular formula is C27H25F6N5O5S. The van der Waals surface area contributed by atoms with E-state index in [4.69, 9.17) is 0 Å². The largest absolute Gasteiger partial charge is 0.468 e. The Morgan fingerprint density at radius 3 is 2.34 bits per heavy atom. The van der Waals surface area contributed by atoms with Crippen LogP contribution in [0.25, 0.3) is 0 Å². The molecule has 1 aromatic carbocycles. The van der Waals surface area contributed by atoms with Crippen molar-refractivity contribution in [3.05, 3.63) is 63.2 Å². The lowest BCUT2D eigenvalue weighted by molar-refractivity contribution is -0.146. The maximum absolute atomic E-state index is 13.1. The molecule has 4 rings (SSSR count). The van der Waals surface area contributed by atoms with Gasteiger partial charge in [-0.3, -0.25) is 23.9 Å². The molecule has 1 fully saturated rings. The van der Waals surface area contributed by atoms with Crippen molar-refractivity contribution in [1.29, 1.82) is 0 Å². The van der Waals surface area contributed by atoms with Crippen molar-refractivity contribution in [2.45, 2.75) is 44.6 Å². The molecule has 3 heterocycles. The highest BCUT2D eigenvalue weighted by Gasteiger charge is 2.38. The molecule has 1 N–H and O–H groups in total. The van der Waals surface area contributed by atoms with E-state index >= 15 is 0 Å². The summed E-state index contributed by atoms with van der Waals surface area (Å²) in [7, 11) is 0.927. The molecule has 3 aromatic rings. The number of carbonyl (C=O) groups excluding carboxylic acids is 4. The van der Waals surface area contributed by atoms with E-state index in [1.165, 1.54) is 28.5 Å². The second-order valence-corrected chi connectivity index (χ2v) is 10.8. The van der Waals surface area contributed by atoms with Crippen LogP contribution in [0.3, 0.4) is 0 Å². The van der Waals surface area contributed by atoms with Gasteiger partial charge in [-0.1, -0.05) is 12.1 Å². The minimum Gasteiger partial charge on any atom is -0.468 e. The quantitative estimate of drug-likeness (QED) is 0.163. The van der Waals surface area contributed by atoms with Crippen LogP contribution < -0.4 is 5.32 Å². The Bertz CT molecular complexity index is 1560. The highest BCUT2D eigenvalue weighted by Crippen LogP contribution is 2.33. The molecule has 17 heteroatoms. The number of hydrogen-bond donors (Lipinski definition) is 1. The lowest BCUT2D eigenvalue weighted by Gasteiger charge is -2.31. The average molecular weight is 646 g/mol. The van der Waals surface area contributed by atoms with E-state index in [2.05, 4.69) is 20.1 Å². The fourth-order valence-corrected chi connectivity index (χ4v) is 5.53. The molecule has 236 valence electrons. The van der Waals surface area contributed by atoms with Crippen LogP contribution in [0.1, 0.15) is 51.1 Å². The van der Waals surface area contributed by atoms with Crippen LogP contribution in [0.2, 0.25) is 0 Å². The summed E-state index contributed by atoms with van der Waals surface area (Å²) in [5, 5.41) is 7.88. The molecule has 0 spiro atoms. The number of rotatable bonds is 8. The van der Waals surface area contributed by atoms with Gasteiger partial charge in [0.1, 0.15) is 12.4 Å². The maximum Gasteiger partial charge on any atom is 0.435 e. The van der Waals surface area contributed by atoms with Gasteiger partial charge in [-0.25, -0.2) is 4.98 Å². The van der Waals surface area contributed by atoms with Crippen LogP contribution in [0.15, 0.2) is 35.7 Å². The number of aromatic nitrogens is 3. The van der Waals surface area contributed by atoms with Crippen molar-refractivity contribution in [2.24, 2.45) is 5.92 Å². The first-order chi connectivity index (χ1) is 20.6. The number of piperidine rings is 1. The molecule has 2 amide bonds. The monoisotopic (exact) mass is 645 g/mol. The number of Topliss-reactive ketones (excluding diaryl/α,β-unsaturated/α-hetero) is 1. The lowest BCUT2D eigenvalue weighted by Crippen LogP contribution is -2.40. The Morgan fingerprint density at radius 1 is 1.07 bits per heavy atom. The normalized spacial score (nSPS) is 15.1. The third-order valence-corrected chi connectivity index (χ3v) is 7.97. The van der Waals surface area contributed by atoms with E-state index in [9.17, 15) is 45.5 Å². The topological polar surface area (TPSA) is 123 Å². The van der Waals surface area contributed by atoms with Crippen LogP contribution in [0, 0.1) is 12.8 Å². The van der Waals surface area contributed by atoms with E-state index in [-0.39, 0.29) is 24.0 Å². The van der Waals surface area contributed by atoms with E-state index in [0.717, 1.165) is 36.1 Å². The number of halogens is 6. The number of alkyl halides is 6. The number of esters is 1. The zero-order chi connectivity index (χ0) is 32.4. The Morgan fingerprint density at radius 2 is 1.75 bits per heavy atom. The van der Waals surface area contributed by atoms with Gasteiger partial charge in [0.25, 0.3) is 0 Å². The van der Waals surface area contributed by atoms with Crippen molar-refractivity contribution in [2.75, 3.05) is 25.5 Å². The average Bonchev–Trinajstić information content (AvgIpc) is 3.59. The van der Waals surface area contributed by atoms with Gasteiger partial charge in [0, 0.05) is 35.6 Å². The number of hydrogen-bond acceptors (Lipinski definition) is 8. The highest BCUT2D eigenvalue weighted by atomic mass is 32.1. The van der Waals surface area contributed by atoms with Gasteiger partial charge in [0.2, 0.25) is 11.8 Å². The van der Waals surface area contributed by atoms with Crippen LogP contribution in [-0.4, -0.2) is 63.4 Å². The summed E-state index contributed by atoms with van der Waals surface area (Å²) >= 11 is 1.18. The number of likely N-dealkylation sites (tertiary alicyclic amines) is 1. The van der Waals surface area contributed by atoms with E-state index in [1.807, 2.05) is 0 Å². The van der Waals surface area contributed by atoms with Gasteiger partial charge in [0.05, 0.1) is 17.7 Å². The summed E-state index contributed by atoms with van der Waals surface area (Å²) in [6.07, 6.45) is -8.43. The van der Waals surface area contributed by atoms with Gasteiger partial charge < -0.3 is 15.0 Å². The molecule has 1 saturated heterocycles. The molecule has 2 aromatic heterocycles. The number of nitrogens with one attached hydrogen (secondary N) is 1. The van der Waals surface area contributed by atoms with Crippen molar-refractivity contribution in [3.63, 3.8) is 0 Å². The Labute approximate surface area is 250 Å². The van der Waals surface area contributed by atoms with Gasteiger partial charge in [-0.2, -0.15) is 31.4 Å². The summed E-state index contributed by atoms with van der Waals surface area (Å²) in [4.78, 5) is 56.8. The fourth-order valence-electron chi connectivity index (χ4n) is 4.61. The molecule has 1 atom stereocenters. The molecule has 10 nitrogen and oxygen atoms in total. The zero-order valence-corrected chi connectivity index (χ0v) is 24.0. The molecule has 44 heavy (non-hydrogen) atoms. The molecule has 1 aliphatic heterocycles. The molecule has 0 aliphatic carbocycles. The number of amides is 2. The summed E-state index contributed by atoms with van der Waals surface area (Å²) in [6.45, 7) is 1.68. The van der Waals surface area contributed by atoms with E-state index < -0.39 is 58.7 Å². The first kappa shape index (κ1) is 32.6. The molecule has 0 bridgehead atoms. The minimum absolute atomic E-state index is 0.00822. The smallest absolute Gasteiger partial charge is 0.435 e. The minimum atomic E-state index is -4.75. The number of carbonyl (C=O) groups is 4. The molecular weight excluding hydrogens is 620 g/mol. The van der Waals surface area contributed by atoms with Gasteiger partial charge in [-0.05, 0) is 38.0 Å². The van der Waals surface area contributed by atoms with Crippen molar-refractivity contribution >= 4 is 40.7 Å². The fraction of sp³-hybridized carbons (Fsp3) is 0.407. The SMILES string of the molecule is COC(=O)C(C(=O)Nc1csc(C2CCN(C(=O)Cn3nc(C(F)(F)F)cc3C)CC2)n1)C(=O)c1cccc(C(F)(F)F)c1. The second-order valence-electron chi connectivity index (χ2n) is 9.94. The number of nitrogens with zero attached hydrogens (tertiary/aromatic N) is 4. The Balaban J connectivity index is 1.37. The zero-order valence-electron chi connectivity index (χ0n) is 23.2. The molecule has 0 saturated carbocycles. The number of thiazole rings is 1. The first-order valence-electron chi connectivity index (χ1n) is 13.0. The number of methoxy groups -OCH3 is 1. The molecule has 1 aliphatic rings. The third-order valence-electron chi connectivity index (χ3n) is 6.96. The lowest BCUT2D eigenvalue weighted by atomic mass is 9.95. The Kier molecular flexibility index (Phi) is 9.46. The standard InChI is InChI=1S/C27H25F6N5O5S/c1-14-10-18(27(31,32)33)36-38(14)12-20(39)37-8-6-15(7-9-37)24-35-19(13-44-24)34-23(41)21(25(42)43-2)22(40)16-4-3-5-17(11-16)26(28,29)30/h3-5,10-11,13,15,21H,6-9,12H2,1-2H3,(H,34,41). The molecule has 1 unspecified atom stereocenters. The summed E-state index contributed by atoms with van der Waals surface area (Å²) in [5.41, 5.74) is -2.51. The predicted octanol–water partition coefficient (Wildman–Crippen LogP) is 4.70. The van der Waals surface area contributed by atoms with Crippen molar-refractivity contribution < 1.29 is 50.3 Å². The predicted molar refractivity (Wildman–Crippen MR) is 143 cm³/mol. The van der Waals surface area contributed by atoms with Crippen molar-refractivity contribution in [3.8, 4) is 0 Å².